The summed E-state index contributed by atoms with van der Waals surface area (Å²) in [6.45, 7) is 4.49. The first-order chi connectivity index (χ1) is 16.6. The van der Waals surface area contributed by atoms with Gasteiger partial charge in [0.05, 0.1) is 5.92 Å². The molecule has 200 valence electrons. The Balaban J connectivity index is 3.59. The van der Waals surface area contributed by atoms with Gasteiger partial charge in [-0.1, -0.05) is 129 Å². The molecule has 0 aromatic heterocycles. The number of carboxylic acids is 1. The van der Waals surface area contributed by atoms with E-state index in [1.54, 1.807) is 0 Å². The number of rotatable bonds is 27. The Bertz CT molecular complexity index is 483. The lowest BCUT2D eigenvalue weighted by molar-refractivity contribution is -0.144. The van der Waals surface area contributed by atoms with Gasteiger partial charge in [0.15, 0.2) is 0 Å². The van der Waals surface area contributed by atoms with Crippen molar-refractivity contribution in [3.63, 3.8) is 0 Å². The third kappa shape index (κ3) is 24.0. The minimum Gasteiger partial charge on any atom is -0.481 e. The second-order valence-corrected chi connectivity index (χ2v) is 10.4. The van der Waals surface area contributed by atoms with E-state index in [0.29, 0.717) is 12.8 Å². The molecule has 0 aliphatic carbocycles. The smallest absolute Gasteiger partial charge is 0.306 e. The van der Waals surface area contributed by atoms with Crippen molar-refractivity contribution >= 4 is 11.8 Å². The van der Waals surface area contributed by atoms with E-state index < -0.39 is 11.9 Å². The van der Waals surface area contributed by atoms with Crippen LogP contribution < -0.4 is 0 Å². The van der Waals surface area contributed by atoms with Crippen LogP contribution in [0.25, 0.3) is 0 Å². The topological polar surface area (TPSA) is 54.4 Å². The summed E-state index contributed by atoms with van der Waals surface area (Å²) in [6, 6.07) is 0. The molecule has 1 N–H and O–H groups in total. The fourth-order valence-corrected chi connectivity index (χ4v) is 4.61. The van der Waals surface area contributed by atoms with Crippen LogP contribution in [0, 0.1) is 5.92 Å². The molecule has 0 amide bonds. The van der Waals surface area contributed by atoms with Crippen molar-refractivity contribution in [1.82, 2.24) is 0 Å². The van der Waals surface area contributed by atoms with Crippen molar-refractivity contribution in [2.45, 2.75) is 168 Å². The van der Waals surface area contributed by atoms with Gasteiger partial charge in [-0.15, -0.1) is 0 Å². The molecule has 0 aromatic rings. The molecular weight excluding hydrogens is 420 g/mol. The van der Waals surface area contributed by atoms with Crippen LogP contribution in [0.3, 0.4) is 0 Å². The van der Waals surface area contributed by atoms with E-state index in [0.717, 1.165) is 25.7 Å². The van der Waals surface area contributed by atoms with Gasteiger partial charge in [0.2, 0.25) is 0 Å². The van der Waals surface area contributed by atoms with E-state index >= 15 is 0 Å². The van der Waals surface area contributed by atoms with Gasteiger partial charge in [-0.2, -0.15) is 0 Å². The second-order valence-electron chi connectivity index (χ2n) is 10.4. The normalized spacial score (nSPS) is 12.4. The number of Topliss-reactive ketones (excluding diaryl/α,β-unsaturated/α-hetero) is 1. The zero-order valence-electron chi connectivity index (χ0n) is 23.0. The summed E-state index contributed by atoms with van der Waals surface area (Å²) in [5.74, 6) is -1.12. The molecule has 0 aliphatic rings. The molecule has 0 saturated heterocycles. The number of unbranched alkanes of at least 4 members (excludes halogenated alkanes) is 18. The summed E-state index contributed by atoms with van der Waals surface area (Å²) >= 11 is 0. The van der Waals surface area contributed by atoms with Crippen LogP contribution in [0.2, 0.25) is 0 Å². The lowest BCUT2D eigenvalue weighted by atomic mass is 9.93. The molecule has 0 spiro atoms. The Hall–Kier alpha value is -1.12. The van der Waals surface area contributed by atoms with Crippen LogP contribution in [-0.4, -0.2) is 16.9 Å². The highest BCUT2D eigenvalue weighted by Gasteiger charge is 2.20. The van der Waals surface area contributed by atoms with Crippen molar-refractivity contribution < 1.29 is 14.7 Å². The summed E-state index contributed by atoms with van der Waals surface area (Å²) in [6.07, 6.45) is 32.0. The molecule has 0 radical (unpaired) electrons. The fraction of sp³-hybridized carbons (Fsp3) is 0.871. The number of ketones is 1. The molecule has 0 aliphatic heterocycles. The van der Waals surface area contributed by atoms with Gasteiger partial charge >= 0.3 is 5.97 Å². The first-order valence-corrected chi connectivity index (χ1v) is 15.0. The molecule has 34 heavy (non-hydrogen) atoms. The summed E-state index contributed by atoms with van der Waals surface area (Å²) in [5, 5.41) is 9.47. The van der Waals surface area contributed by atoms with Gasteiger partial charge in [0.25, 0.3) is 0 Å². The van der Waals surface area contributed by atoms with Gasteiger partial charge in [-0.05, 0) is 38.5 Å². The highest BCUT2D eigenvalue weighted by molar-refractivity contribution is 5.83. The Kier molecular flexibility index (Phi) is 25.6. The molecule has 0 rings (SSSR count). The summed E-state index contributed by atoms with van der Waals surface area (Å²) in [5.41, 5.74) is 0. The molecule has 1 unspecified atom stereocenters. The average molecular weight is 479 g/mol. The number of carbonyl (C=O) groups is 2. The second kappa shape index (κ2) is 26.5. The molecule has 0 fully saturated rings. The third-order valence-electron chi connectivity index (χ3n) is 6.95. The standard InChI is InChI=1S/C31H58O3/c1-3-5-7-9-11-13-14-15-16-17-18-19-21-23-25-27-30(32)28-29(31(33)34)26-24-22-20-12-10-8-6-4-2/h15-16,29H,3-14,17-28H2,1-2H3,(H,33,34)/b16-15-. The van der Waals surface area contributed by atoms with E-state index in [2.05, 4.69) is 26.0 Å². The maximum absolute atomic E-state index is 12.3. The van der Waals surface area contributed by atoms with Gasteiger partial charge in [0, 0.05) is 12.8 Å². The summed E-state index contributed by atoms with van der Waals surface area (Å²) in [7, 11) is 0. The first kappa shape index (κ1) is 32.9. The molecular formula is C31H58O3. The van der Waals surface area contributed by atoms with Gasteiger partial charge in [-0.3, -0.25) is 9.59 Å². The minimum absolute atomic E-state index is 0.143. The zero-order chi connectivity index (χ0) is 25.1. The minimum atomic E-state index is -0.791. The number of allylic oxidation sites excluding steroid dienone is 2. The zero-order valence-corrected chi connectivity index (χ0v) is 23.0. The van der Waals surface area contributed by atoms with Crippen LogP contribution in [0.4, 0.5) is 0 Å². The van der Waals surface area contributed by atoms with Crippen molar-refractivity contribution in [2.75, 3.05) is 0 Å². The molecule has 0 saturated carbocycles. The van der Waals surface area contributed by atoms with Crippen LogP contribution in [0.5, 0.6) is 0 Å². The predicted molar refractivity (Wildman–Crippen MR) is 147 cm³/mol. The lowest BCUT2D eigenvalue weighted by Crippen LogP contribution is -2.18. The van der Waals surface area contributed by atoms with Gasteiger partial charge in [0.1, 0.15) is 5.78 Å². The monoisotopic (exact) mass is 478 g/mol. The van der Waals surface area contributed by atoms with E-state index in [-0.39, 0.29) is 12.2 Å². The largest absolute Gasteiger partial charge is 0.481 e. The van der Waals surface area contributed by atoms with Crippen molar-refractivity contribution in [3.8, 4) is 0 Å². The quantitative estimate of drug-likeness (QED) is 0.0943. The van der Waals surface area contributed by atoms with Gasteiger partial charge in [-0.25, -0.2) is 0 Å². The summed E-state index contributed by atoms with van der Waals surface area (Å²) < 4.78 is 0. The Labute approximate surface area is 212 Å². The number of carbonyl (C=O) groups excluding carboxylic acids is 1. The highest BCUT2D eigenvalue weighted by Crippen LogP contribution is 2.18. The average Bonchev–Trinajstić information content (AvgIpc) is 2.82. The number of hydrogen-bond acceptors (Lipinski definition) is 2. The van der Waals surface area contributed by atoms with Crippen LogP contribution >= 0.6 is 0 Å². The highest BCUT2D eigenvalue weighted by atomic mass is 16.4. The van der Waals surface area contributed by atoms with Crippen LogP contribution in [0.1, 0.15) is 168 Å². The summed E-state index contributed by atoms with van der Waals surface area (Å²) in [4.78, 5) is 23.8. The Morgan fingerprint density at radius 2 is 1.00 bits per heavy atom. The number of carboxylic acid groups (broad SMARTS) is 1. The van der Waals surface area contributed by atoms with Crippen LogP contribution in [0.15, 0.2) is 12.2 Å². The molecule has 3 nitrogen and oxygen atoms in total. The van der Waals surface area contributed by atoms with E-state index in [1.807, 2.05) is 0 Å². The molecule has 3 heteroatoms. The Morgan fingerprint density at radius 3 is 1.47 bits per heavy atom. The van der Waals surface area contributed by atoms with E-state index in [1.165, 1.54) is 109 Å². The fourth-order valence-electron chi connectivity index (χ4n) is 4.61. The third-order valence-corrected chi connectivity index (χ3v) is 6.95. The SMILES string of the molecule is CCCCCCCC/C=C\CCCCCCCC(=O)CC(CCCCCCCCCC)C(=O)O. The molecule has 1 atom stereocenters. The maximum Gasteiger partial charge on any atom is 0.306 e. The molecule has 0 bridgehead atoms. The Morgan fingerprint density at radius 1 is 0.588 bits per heavy atom. The number of aliphatic carboxylic acids is 1. The van der Waals surface area contributed by atoms with Gasteiger partial charge < -0.3 is 5.11 Å². The first-order valence-electron chi connectivity index (χ1n) is 15.0. The van der Waals surface area contributed by atoms with Crippen molar-refractivity contribution in [1.29, 1.82) is 0 Å². The predicted octanol–water partition coefficient (Wildman–Crippen LogP) is 10.2. The number of hydrogen-bond donors (Lipinski definition) is 1. The van der Waals surface area contributed by atoms with Crippen LogP contribution in [-0.2, 0) is 9.59 Å². The van der Waals surface area contributed by atoms with Crippen molar-refractivity contribution in [3.05, 3.63) is 12.2 Å². The maximum atomic E-state index is 12.3. The molecule has 0 aromatic carbocycles. The van der Waals surface area contributed by atoms with E-state index in [9.17, 15) is 14.7 Å². The molecule has 0 heterocycles. The van der Waals surface area contributed by atoms with E-state index in [4.69, 9.17) is 0 Å². The lowest BCUT2D eigenvalue weighted by Gasteiger charge is -2.11. The van der Waals surface area contributed by atoms with Crippen molar-refractivity contribution in [2.24, 2.45) is 5.92 Å².